The zero-order valence-electron chi connectivity index (χ0n) is 22.2. The van der Waals surface area contributed by atoms with Gasteiger partial charge in [-0.1, -0.05) is 65.3 Å². The van der Waals surface area contributed by atoms with Crippen LogP contribution in [-0.4, -0.2) is 50.0 Å². The Balaban J connectivity index is 2.04. The van der Waals surface area contributed by atoms with Crippen molar-refractivity contribution >= 4 is 66.0 Å². The van der Waals surface area contributed by atoms with Gasteiger partial charge in [0.05, 0.1) is 11.9 Å². The van der Waals surface area contributed by atoms with E-state index in [0.29, 0.717) is 5.69 Å². The normalized spacial score (nSPS) is 12.8. The van der Waals surface area contributed by atoms with Crippen LogP contribution in [0.1, 0.15) is 31.4 Å². The van der Waals surface area contributed by atoms with Crippen molar-refractivity contribution in [2.24, 2.45) is 0 Å². The monoisotopic (exact) mass is 725 g/mol. The summed E-state index contributed by atoms with van der Waals surface area (Å²) in [6.07, 6.45) is 2.10. The number of carbonyl (C=O) groups is 2. The highest BCUT2D eigenvalue weighted by Gasteiger charge is 2.33. The van der Waals surface area contributed by atoms with E-state index in [1.165, 1.54) is 4.90 Å². The molecule has 0 spiro atoms. The molecule has 0 bridgehead atoms. The highest BCUT2D eigenvalue weighted by atomic mass is 127. The molecule has 0 unspecified atom stereocenters. The largest absolute Gasteiger partial charge is 0.352 e. The lowest BCUT2D eigenvalue weighted by atomic mass is 10.0. The molecule has 3 aromatic rings. The highest BCUT2D eigenvalue weighted by molar-refractivity contribution is 14.1. The number of halogens is 2. The van der Waals surface area contributed by atoms with Gasteiger partial charge in [-0.25, -0.2) is 8.42 Å². The zero-order valence-corrected chi connectivity index (χ0v) is 26.7. The van der Waals surface area contributed by atoms with Gasteiger partial charge in [0.1, 0.15) is 12.6 Å². The van der Waals surface area contributed by atoms with Crippen LogP contribution in [0.4, 0.5) is 5.69 Å². The summed E-state index contributed by atoms with van der Waals surface area (Å²) in [6, 6.07) is 23.0. The number of amides is 2. The Labute approximate surface area is 253 Å². The molecular formula is C29H33BrIN3O4S. The van der Waals surface area contributed by atoms with E-state index >= 15 is 0 Å². The van der Waals surface area contributed by atoms with Crippen LogP contribution in [0, 0.1) is 3.57 Å². The smallest absolute Gasteiger partial charge is 0.244 e. The summed E-state index contributed by atoms with van der Waals surface area (Å²) < 4.78 is 28.6. The van der Waals surface area contributed by atoms with Gasteiger partial charge in [0.15, 0.2) is 0 Å². The van der Waals surface area contributed by atoms with E-state index < -0.39 is 28.5 Å². The van der Waals surface area contributed by atoms with Gasteiger partial charge in [-0.05, 0) is 83.5 Å². The molecule has 0 aliphatic rings. The summed E-state index contributed by atoms with van der Waals surface area (Å²) >= 11 is 5.58. The van der Waals surface area contributed by atoms with Crippen molar-refractivity contribution in [1.82, 2.24) is 10.2 Å². The fraction of sp³-hybridized carbons (Fsp3) is 0.310. The minimum Gasteiger partial charge on any atom is -0.352 e. The molecule has 2 amide bonds. The van der Waals surface area contributed by atoms with Crippen molar-refractivity contribution in [3.05, 3.63) is 98.0 Å². The van der Waals surface area contributed by atoms with Gasteiger partial charge in [-0.2, -0.15) is 0 Å². The van der Waals surface area contributed by atoms with Gasteiger partial charge in [0.25, 0.3) is 0 Å². The molecule has 0 aliphatic carbocycles. The number of carbonyl (C=O) groups excluding carboxylic acids is 2. The second-order valence-electron chi connectivity index (χ2n) is 9.42. The molecule has 0 saturated heterocycles. The van der Waals surface area contributed by atoms with Crippen LogP contribution in [0.15, 0.2) is 83.3 Å². The fourth-order valence-corrected chi connectivity index (χ4v) is 5.48. The summed E-state index contributed by atoms with van der Waals surface area (Å²) in [6.45, 7) is 3.60. The first-order chi connectivity index (χ1) is 18.5. The molecule has 0 fully saturated rings. The maximum absolute atomic E-state index is 14.0. The van der Waals surface area contributed by atoms with E-state index in [4.69, 9.17) is 0 Å². The van der Waals surface area contributed by atoms with Crippen LogP contribution < -0.4 is 9.62 Å². The molecule has 10 heteroatoms. The standard InChI is InChI=1S/C29H33BrIN3O4S/c1-4-21(2)32-29(36)27(18-22-8-6-5-7-9-22)33(19-23-10-12-24(30)13-11-23)28(35)20-34(39(3,37)38)26-16-14-25(31)15-17-26/h5-17,21,27H,4,18-20H2,1-3H3,(H,32,36)/t21-,27+/m1/s1. The van der Waals surface area contributed by atoms with Crippen LogP contribution in [0.25, 0.3) is 0 Å². The number of anilines is 1. The third-order valence-electron chi connectivity index (χ3n) is 6.33. The predicted molar refractivity (Wildman–Crippen MR) is 168 cm³/mol. The van der Waals surface area contributed by atoms with Crippen LogP contribution in [0.3, 0.4) is 0 Å². The molecule has 39 heavy (non-hydrogen) atoms. The van der Waals surface area contributed by atoms with Gasteiger partial charge in [-0.3, -0.25) is 13.9 Å². The van der Waals surface area contributed by atoms with E-state index in [1.54, 1.807) is 24.3 Å². The lowest BCUT2D eigenvalue weighted by Crippen LogP contribution is -2.54. The maximum Gasteiger partial charge on any atom is 0.244 e. The number of hydrogen-bond donors (Lipinski definition) is 1. The van der Waals surface area contributed by atoms with Crippen molar-refractivity contribution in [1.29, 1.82) is 0 Å². The van der Waals surface area contributed by atoms with Crippen LogP contribution in [-0.2, 0) is 32.6 Å². The Kier molecular flexibility index (Phi) is 11.4. The van der Waals surface area contributed by atoms with E-state index in [0.717, 1.165) is 36.2 Å². The molecule has 2 atom stereocenters. The molecule has 3 rings (SSSR count). The number of nitrogens with one attached hydrogen (secondary N) is 1. The van der Waals surface area contributed by atoms with Gasteiger partial charge in [0.2, 0.25) is 21.8 Å². The van der Waals surface area contributed by atoms with Crippen molar-refractivity contribution in [2.45, 2.75) is 45.3 Å². The SMILES string of the molecule is CC[C@@H](C)NC(=O)[C@H](Cc1ccccc1)N(Cc1ccc(Br)cc1)C(=O)CN(c1ccc(I)cc1)S(C)(=O)=O. The van der Waals surface area contributed by atoms with E-state index in [2.05, 4.69) is 43.8 Å². The summed E-state index contributed by atoms with van der Waals surface area (Å²) in [5.74, 6) is -0.749. The van der Waals surface area contributed by atoms with Crippen molar-refractivity contribution in [3.8, 4) is 0 Å². The predicted octanol–water partition coefficient (Wildman–Crippen LogP) is 5.37. The van der Waals surface area contributed by atoms with Gasteiger partial charge >= 0.3 is 0 Å². The molecule has 0 aromatic heterocycles. The molecule has 0 aliphatic heterocycles. The van der Waals surface area contributed by atoms with Crippen molar-refractivity contribution in [2.75, 3.05) is 17.1 Å². The Morgan fingerprint density at radius 1 is 0.949 bits per heavy atom. The van der Waals surface area contributed by atoms with Crippen molar-refractivity contribution < 1.29 is 18.0 Å². The minimum absolute atomic E-state index is 0.0836. The van der Waals surface area contributed by atoms with E-state index in [1.807, 2.05) is 68.4 Å². The second kappa shape index (κ2) is 14.3. The Morgan fingerprint density at radius 2 is 1.56 bits per heavy atom. The first kappa shape index (κ1) is 31.1. The summed E-state index contributed by atoms with van der Waals surface area (Å²) in [5.41, 5.74) is 2.10. The molecule has 1 N–H and O–H groups in total. The van der Waals surface area contributed by atoms with E-state index in [9.17, 15) is 18.0 Å². The molecule has 7 nitrogen and oxygen atoms in total. The Hall–Kier alpha value is -2.44. The number of hydrogen-bond acceptors (Lipinski definition) is 4. The second-order valence-corrected chi connectivity index (χ2v) is 13.5. The third-order valence-corrected chi connectivity index (χ3v) is 8.72. The Bertz CT molecular complexity index is 1350. The van der Waals surface area contributed by atoms with Crippen LogP contribution in [0.2, 0.25) is 0 Å². The molecule has 0 radical (unpaired) electrons. The number of sulfonamides is 1. The minimum atomic E-state index is -3.79. The first-order valence-electron chi connectivity index (χ1n) is 12.6. The number of rotatable bonds is 12. The van der Waals surface area contributed by atoms with Crippen LogP contribution >= 0.6 is 38.5 Å². The molecule has 0 heterocycles. The van der Waals surface area contributed by atoms with Gasteiger partial charge in [-0.15, -0.1) is 0 Å². The fourth-order valence-electron chi connectivity index (χ4n) is 4.00. The number of nitrogens with zero attached hydrogens (tertiary/aromatic N) is 2. The van der Waals surface area contributed by atoms with Gasteiger partial charge < -0.3 is 10.2 Å². The summed E-state index contributed by atoms with van der Waals surface area (Å²) in [7, 11) is -3.79. The molecule has 0 saturated carbocycles. The maximum atomic E-state index is 14.0. The topological polar surface area (TPSA) is 86.8 Å². The summed E-state index contributed by atoms with van der Waals surface area (Å²) in [5, 5.41) is 3.03. The average Bonchev–Trinajstić information content (AvgIpc) is 2.90. The zero-order chi connectivity index (χ0) is 28.6. The molecular weight excluding hydrogens is 693 g/mol. The van der Waals surface area contributed by atoms with Crippen LogP contribution in [0.5, 0.6) is 0 Å². The lowest BCUT2D eigenvalue weighted by Gasteiger charge is -2.34. The quantitative estimate of drug-likeness (QED) is 0.255. The number of benzene rings is 3. The average molecular weight is 726 g/mol. The third kappa shape index (κ3) is 9.32. The van der Waals surface area contributed by atoms with E-state index in [-0.39, 0.29) is 24.9 Å². The molecule has 3 aromatic carbocycles. The molecule has 208 valence electrons. The highest BCUT2D eigenvalue weighted by Crippen LogP contribution is 2.22. The Morgan fingerprint density at radius 3 is 2.13 bits per heavy atom. The first-order valence-corrected chi connectivity index (χ1v) is 16.3. The lowest BCUT2D eigenvalue weighted by molar-refractivity contribution is -0.140. The van der Waals surface area contributed by atoms with Gasteiger partial charge in [0, 0.05) is 27.1 Å². The summed E-state index contributed by atoms with van der Waals surface area (Å²) in [4.78, 5) is 29.2. The van der Waals surface area contributed by atoms with Crippen molar-refractivity contribution in [3.63, 3.8) is 0 Å².